The van der Waals surface area contributed by atoms with Gasteiger partial charge in [-0.1, -0.05) is 19.3 Å². The zero-order valence-electron chi connectivity index (χ0n) is 10.5. The highest BCUT2D eigenvalue weighted by atomic mass is 16.2. The Bertz CT molecular complexity index is 305. The second-order valence-corrected chi connectivity index (χ2v) is 6.34. The zero-order valence-corrected chi connectivity index (χ0v) is 10.5. The van der Waals surface area contributed by atoms with Crippen molar-refractivity contribution in [2.24, 2.45) is 23.5 Å². The molecule has 17 heavy (non-hydrogen) atoms. The summed E-state index contributed by atoms with van der Waals surface area (Å²) >= 11 is 0. The molecule has 3 saturated carbocycles. The van der Waals surface area contributed by atoms with Crippen molar-refractivity contribution in [1.82, 2.24) is 5.32 Å². The molecule has 1 amide bonds. The molecule has 0 radical (unpaired) electrons. The summed E-state index contributed by atoms with van der Waals surface area (Å²) in [6.07, 6.45) is 9.66. The van der Waals surface area contributed by atoms with Crippen LogP contribution in [0.15, 0.2) is 0 Å². The van der Waals surface area contributed by atoms with Gasteiger partial charge in [-0.25, -0.2) is 0 Å². The summed E-state index contributed by atoms with van der Waals surface area (Å²) in [4.78, 5) is 12.3. The maximum Gasteiger partial charge on any atom is 0.223 e. The van der Waals surface area contributed by atoms with Crippen molar-refractivity contribution in [3.05, 3.63) is 0 Å². The summed E-state index contributed by atoms with van der Waals surface area (Å²) in [5, 5.41) is 3.23. The first-order chi connectivity index (χ1) is 8.24. The number of nitrogens with one attached hydrogen (secondary N) is 1. The van der Waals surface area contributed by atoms with E-state index in [0.29, 0.717) is 17.7 Å². The molecular formula is C14H24N2O. The molecule has 0 unspecified atom stereocenters. The van der Waals surface area contributed by atoms with Gasteiger partial charge in [-0.05, 0) is 43.9 Å². The highest BCUT2D eigenvalue weighted by Crippen LogP contribution is 2.48. The van der Waals surface area contributed by atoms with Gasteiger partial charge >= 0.3 is 0 Å². The molecule has 5 atom stereocenters. The van der Waals surface area contributed by atoms with Crippen LogP contribution in [0.3, 0.4) is 0 Å². The SMILES string of the molecule is N[C@@H]1CCCC[C@@H]1NC(=O)[C@@H]1C[C@H]2CC[C@H]1C2. The molecule has 0 aromatic rings. The van der Waals surface area contributed by atoms with Gasteiger partial charge in [0.05, 0.1) is 0 Å². The monoisotopic (exact) mass is 236 g/mol. The third-order valence-corrected chi connectivity index (χ3v) is 5.22. The molecule has 0 aromatic heterocycles. The Kier molecular flexibility index (Phi) is 3.12. The van der Waals surface area contributed by atoms with Crippen molar-refractivity contribution in [2.75, 3.05) is 0 Å². The normalized spacial score (nSPS) is 44.9. The van der Waals surface area contributed by atoms with Crippen LogP contribution in [0.25, 0.3) is 0 Å². The fourth-order valence-electron chi connectivity index (χ4n) is 4.19. The molecule has 3 fully saturated rings. The Hall–Kier alpha value is -0.570. The summed E-state index contributed by atoms with van der Waals surface area (Å²) in [6.45, 7) is 0. The van der Waals surface area contributed by atoms with Crippen LogP contribution in [0.5, 0.6) is 0 Å². The lowest BCUT2D eigenvalue weighted by Crippen LogP contribution is -2.51. The number of nitrogens with two attached hydrogens (primary N) is 1. The maximum absolute atomic E-state index is 12.3. The highest BCUT2D eigenvalue weighted by molar-refractivity contribution is 5.79. The Morgan fingerprint density at radius 1 is 1.06 bits per heavy atom. The number of carbonyl (C=O) groups excluding carboxylic acids is 1. The molecule has 0 saturated heterocycles. The lowest BCUT2D eigenvalue weighted by atomic mass is 9.86. The number of amides is 1. The lowest BCUT2D eigenvalue weighted by molar-refractivity contribution is -0.127. The topological polar surface area (TPSA) is 55.1 Å². The summed E-state index contributed by atoms with van der Waals surface area (Å²) in [6, 6.07) is 0.432. The van der Waals surface area contributed by atoms with Crippen LogP contribution in [0, 0.1) is 17.8 Å². The molecular weight excluding hydrogens is 212 g/mol. The van der Waals surface area contributed by atoms with Gasteiger partial charge in [-0.15, -0.1) is 0 Å². The molecule has 3 N–H and O–H groups in total. The average Bonchev–Trinajstić information content (AvgIpc) is 2.94. The maximum atomic E-state index is 12.3. The third kappa shape index (κ3) is 2.22. The van der Waals surface area contributed by atoms with Gasteiger partial charge < -0.3 is 11.1 Å². The highest BCUT2D eigenvalue weighted by Gasteiger charge is 2.43. The molecule has 3 aliphatic carbocycles. The minimum absolute atomic E-state index is 0.186. The van der Waals surface area contributed by atoms with Gasteiger partial charge in [0.15, 0.2) is 0 Å². The van der Waals surface area contributed by atoms with Gasteiger partial charge in [-0.3, -0.25) is 4.79 Å². The predicted octanol–water partition coefficient (Wildman–Crippen LogP) is 1.81. The molecule has 0 spiro atoms. The van der Waals surface area contributed by atoms with Crippen LogP contribution in [-0.4, -0.2) is 18.0 Å². The molecule has 2 bridgehead atoms. The predicted molar refractivity (Wildman–Crippen MR) is 67.3 cm³/mol. The minimum Gasteiger partial charge on any atom is -0.352 e. The van der Waals surface area contributed by atoms with E-state index < -0.39 is 0 Å². The second kappa shape index (κ2) is 4.60. The van der Waals surface area contributed by atoms with Crippen LogP contribution >= 0.6 is 0 Å². The van der Waals surface area contributed by atoms with Gasteiger partial charge in [-0.2, -0.15) is 0 Å². The van der Waals surface area contributed by atoms with Crippen LogP contribution in [0.4, 0.5) is 0 Å². The molecule has 3 heteroatoms. The fraction of sp³-hybridized carbons (Fsp3) is 0.929. The average molecular weight is 236 g/mol. The van der Waals surface area contributed by atoms with Crippen molar-refractivity contribution in [2.45, 2.75) is 63.5 Å². The quantitative estimate of drug-likeness (QED) is 0.768. The van der Waals surface area contributed by atoms with E-state index in [2.05, 4.69) is 5.32 Å². The van der Waals surface area contributed by atoms with Gasteiger partial charge in [0.2, 0.25) is 5.91 Å². The van der Waals surface area contributed by atoms with E-state index in [9.17, 15) is 4.79 Å². The van der Waals surface area contributed by atoms with E-state index in [4.69, 9.17) is 5.73 Å². The first-order valence-electron chi connectivity index (χ1n) is 7.30. The van der Waals surface area contributed by atoms with E-state index in [1.807, 2.05) is 0 Å². The third-order valence-electron chi connectivity index (χ3n) is 5.22. The Morgan fingerprint density at radius 3 is 2.53 bits per heavy atom. The number of carbonyl (C=O) groups is 1. The van der Waals surface area contributed by atoms with E-state index in [1.54, 1.807) is 0 Å². The lowest BCUT2D eigenvalue weighted by Gasteiger charge is -2.31. The van der Waals surface area contributed by atoms with Crippen LogP contribution in [0.2, 0.25) is 0 Å². The zero-order chi connectivity index (χ0) is 11.8. The molecule has 3 nitrogen and oxygen atoms in total. The Balaban J connectivity index is 1.56. The smallest absolute Gasteiger partial charge is 0.223 e. The standard InChI is InChI=1S/C14H24N2O/c15-12-3-1-2-4-13(12)16-14(17)11-8-9-5-6-10(11)7-9/h9-13H,1-8,15H2,(H,16,17)/t9-,10-,11+,12+,13-/m0/s1. The van der Waals surface area contributed by atoms with E-state index >= 15 is 0 Å². The number of fused-ring (bicyclic) bond motifs is 2. The fourth-order valence-corrected chi connectivity index (χ4v) is 4.19. The summed E-state index contributed by atoms with van der Waals surface area (Å²) in [5.41, 5.74) is 6.09. The summed E-state index contributed by atoms with van der Waals surface area (Å²) in [7, 11) is 0. The molecule has 3 rings (SSSR count). The number of hydrogen-bond acceptors (Lipinski definition) is 2. The number of hydrogen-bond donors (Lipinski definition) is 2. The molecule has 96 valence electrons. The van der Waals surface area contributed by atoms with Crippen molar-refractivity contribution >= 4 is 5.91 Å². The molecule has 3 aliphatic rings. The van der Waals surface area contributed by atoms with Crippen molar-refractivity contribution < 1.29 is 4.79 Å². The minimum atomic E-state index is 0.186. The second-order valence-electron chi connectivity index (χ2n) is 6.34. The summed E-state index contributed by atoms with van der Waals surface area (Å²) in [5.74, 6) is 2.14. The van der Waals surface area contributed by atoms with Crippen LogP contribution < -0.4 is 11.1 Å². The van der Waals surface area contributed by atoms with Crippen molar-refractivity contribution in [3.8, 4) is 0 Å². The van der Waals surface area contributed by atoms with E-state index in [0.717, 1.165) is 25.2 Å². The van der Waals surface area contributed by atoms with Crippen molar-refractivity contribution in [3.63, 3.8) is 0 Å². The molecule has 0 heterocycles. The van der Waals surface area contributed by atoms with Crippen LogP contribution in [-0.2, 0) is 4.79 Å². The molecule has 0 aliphatic heterocycles. The van der Waals surface area contributed by atoms with E-state index in [-0.39, 0.29) is 12.1 Å². The Morgan fingerprint density at radius 2 is 1.88 bits per heavy atom. The number of rotatable bonds is 2. The van der Waals surface area contributed by atoms with Gasteiger partial charge in [0.1, 0.15) is 0 Å². The van der Waals surface area contributed by atoms with Gasteiger partial charge in [0.25, 0.3) is 0 Å². The first kappa shape index (κ1) is 11.5. The van der Waals surface area contributed by atoms with Crippen LogP contribution in [0.1, 0.15) is 51.4 Å². The first-order valence-corrected chi connectivity index (χ1v) is 7.30. The van der Waals surface area contributed by atoms with E-state index in [1.165, 1.54) is 32.1 Å². The largest absolute Gasteiger partial charge is 0.352 e. The summed E-state index contributed by atoms with van der Waals surface area (Å²) < 4.78 is 0. The molecule has 0 aromatic carbocycles. The van der Waals surface area contributed by atoms with Gasteiger partial charge in [0, 0.05) is 18.0 Å². The van der Waals surface area contributed by atoms with Crippen molar-refractivity contribution in [1.29, 1.82) is 0 Å². The Labute approximate surface area is 104 Å².